The van der Waals surface area contributed by atoms with Gasteiger partial charge in [-0.3, -0.25) is 19.2 Å². The van der Waals surface area contributed by atoms with Gasteiger partial charge in [-0.2, -0.15) is 0 Å². The van der Waals surface area contributed by atoms with Crippen LogP contribution in [0.4, 0.5) is 0 Å². The molecule has 0 heterocycles. The fraction of sp³-hybridized carbons (Fsp3) is 0.667. The molecule has 0 aromatic heterocycles. The predicted octanol–water partition coefficient (Wildman–Crippen LogP) is 5.15. The third kappa shape index (κ3) is 11.8. The monoisotopic (exact) mass is 549 g/mol. The lowest BCUT2D eigenvalue weighted by atomic mass is 9.88. The van der Waals surface area contributed by atoms with Gasteiger partial charge in [0.05, 0.1) is 32.0 Å². The summed E-state index contributed by atoms with van der Waals surface area (Å²) in [5.74, 6) is -2.43. The molecule has 2 N–H and O–H groups in total. The van der Waals surface area contributed by atoms with Crippen molar-refractivity contribution in [1.82, 2.24) is 0 Å². The van der Waals surface area contributed by atoms with Crippen molar-refractivity contribution < 1.29 is 38.1 Å². The summed E-state index contributed by atoms with van der Waals surface area (Å²) in [7, 11) is 1.23. The number of carbonyl (C=O) groups excluding carboxylic acids is 4. The summed E-state index contributed by atoms with van der Waals surface area (Å²) in [4.78, 5) is 50.1. The summed E-state index contributed by atoms with van der Waals surface area (Å²) in [5, 5.41) is 0. The Morgan fingerprint density at radius 3 is 1.92 bits per heavy atom. The second-order valence-corrected chi connectivity index (χ2v) is 11.5. The molecule has 0 aliphatic heterocycles. The highest BCUT2D eigenvalue weighted by atomic mass is 16.6. The predicted molar refractivity (Wildman–Crippen MR) is 148 cm³/mol. The second-order valence-electron chi connectivity index (χ2n) is 11.5. The lowest BCUT2D eigenvalue weighted by Crippen LogP contribution is -2.51. The van der Waals surface area contributed by atoms with Crippen molar-refractivity contribution in [3.05, 3.63) is 23.8 Å². The summed E-state index contributed by atoms with van der Waals surface area (Å²) in [6.07, 6.45) is 3.18. The fourth-order valence-corrected chi connectivity index (χ4v) is 4.01. The van der Waals surface area contributed by atoms with Crippen LogP contribution in [0.1, 0.15) is 92.6 Å². The molecule has 220 valence electrons. The highest BCUT2D eigenvalue weighted by Gasteiger charge is 2.36. The van der Waals surface area contributed by atoms with E-state index in [1.165, 1.54) is 13.2 Å². The Morgan fingerprint density at radius 1 is 0.897 bits per heavy atom. The number of esters is 4. The molecule has 1 rings (SSSR count). The first-order valence-electron chi connectivity index (χ1n) is 13.7. The normalized spacial score (nSPS) is 14.5. The van der Waals surface area contributed by atoms with Gasteiger partial charge in [-0.05, 0) is 36.0 Å². The van der Waals surface area contributed by atoms with Crippen LogP contribution in [-0.2, 0) is 35.1 Å². The fourth-order valence-electron chi connectivity index (χ4n) is 4.01. The van der Waals surface area contributed by atoms with Crippen LogP contribution in [0, 0.1) is 17.3 Å². The summed E-state index contributed by atoms with van der Waals surface area (Å²) in [6.45, 7) is 13.2. The quantitative estimate of drug-likeness (QED) is 0.233. The molecule has 0 aliphatic carbocycles. The van der Waals surface area contributed by atoms with Crippen molar-refractivity contribution in [3.63, 3.8) is 0 Å². The number of rotatable bonds is 15. The summed E-state index contributed by atoms with van der Waals surface area (Å²) < 4.78 is 21.5. The molecule has 1 aromatic carbocycles. The van der Waals surface area contributed by atoms with Gasteiger partial charge in [-0.25, -0.2) is 0 Å². The molecule has 0 saturated carbocycles. The largest absolute Gasteiger partial charge is 0.468 e. The highest BCUT2D eigenvalue weighted by Crippen LogP contribution is 2.32. The Morgan fingerprint density at radius 2 is 1.44 bits per heavy atom. The molecule has 3 atom stereocenters. The van der Waals surface area contributed by atoms with E-state index >= 15 is 0 Å². The molecular weight excluding hydrogens is 502 g/mol. The lowest BCUT2D eigenvalue weighted by Gasteiger charge is -2.27. The highest BCUT2D eigenvalue weighted by molar-refractivity contribution is 5.81. The maximum Gasteiger partial charge on any atom is 0.326 e. The van der Waals surface area contributed by atoms with Crippen molar-refractivity contribution in [2.75, 3.05) is 13.7 Å². The maximum atomic E-state index is 12.7. The van der Waals surface area contributed by atoms with E-state index in [0.717, 1.165) is 12.8 Å². The zero-order valence-electron chi connectivity index (χ0n) is 24.9. The Bertz CT molecular complexity index is 984. The van der Waals surface area contributed by atoms with Crippen molar-refractivity contribution in [2.45, 2.75) is 99.0 Å². The maximum absolute atomic E-state index is 12.7. The molecule has 1 aromatic rings. The topological polar surface area (TPSA) is 131 Å². The molecule has 0 bridgehead atoms. The standard InChI is InChI=1S/C30H47NO8/c1-9-11-20(3)26(33)38-23-14-13-22(17-24(23)39-27(34)21(4)12-10-2)18-30(31,28(35)36-8)15-16-37-25(32)19-29(5,6)7/h13-14,17,20-21H,9-12,15-16,18-19,31H2,1-8H3/t20?,21?,30-/m1/s1. The van der Waals surface area contributed by atoms with Gasteiger partial charge in [-0.15, -0.1) is 0 Å². The molecule has 39 heavy (non-hydrogen) atoms. The first kappa shape index (κ1) is 34.1. The second kappa shape index (κ2) is 15.6. The van der Waals surface area contributed by atoms with Gasteiger partial charge >= 0.3 is 23.9 Å². The third-order valence-electron chi connectivity index (χ3n) is 6.27. The van der Waals surface area contributed by atoms with Gasteiger partial charge in [0, 0.05) is 12.8 Å². The average Bonchev–Trinajstić information content (AvgIpc) is 2.84. The number of hydrogen-bond donors (Lipinski definition) is 1. The van der Waals surface area contributed by atoms with Crippen LogP contribution >= 0.6 is 0 Å². The average molecular weight is 550 g/mol. The minimum absolute atomic E-state index is 0.00597. The van der Waals surface area contributed by atoms with E-state index in [0.29, 0.717) is 18.4 Å². The minimum Gasteiger partial charge on any atom is -0.468 e. The van der Waals surface area contributed by atoms with E-state index in [1.54, 1.807) is 26.0 Å². The number of ether oxygens (including phenoxy) is 4. The van der Waals surface area contributed by atoms with Gasteiger partial charge in [0.1, 0.15) is 5.54 Å². The van der Waals surface area contributed by atoms with E-state index in [2.05, 4.69) is 0 Å². The van der Waals surface area contributed by atoms with Crippen molar-refractivity contribution in [1.29, 1.82) is 0 Å². The molecule has 0 aliphatic rings. The molecule has 0 saturated heterocycles. The number of carbonyl (C=O) groups is 4. The van der Waals surface area contributed by atoms with Crippen molar-refractivity contribution in [3.8, 4) is 11.5 Å². The summed E-state index contributed by atoms with van der Waals surface area (Å²) in [6, 6.07) is 4.72. The van der Waals surface area contributed by atoms with E-state index in [1.807, 2.05) is 34.6 Å². The van der Waals surface area contributed by atoms with Crippen LogP contribution in [0.15, 0.2) is 18.2 Å². The Labute approximate surface area is 233 Å². The van der Waals surface area contributed by atoms with Gasteiger partial charge in [0.15, 0.2) is 11.5 Å². The molecule has 0 amide bonds. The molecule has 0 radical (unpaired) electrons. The van der Waals surface area contributed by atoms with Crippen LogP contribution < -0.4 is 15.2 Å². The zero-order chi connectivity index (χ0) is 29.8. The molecule has 0 fully saturated rings. The SMILES string of the molecule is CCCC(C)C(=O)Oc1ccc(C[C@](N)(CCOC(=O)CC(C)(C)C)C(=O)OC)cc1OC(=O)C(C)CCC. The molecule has 0 spiro atoms. The van der Waals surface area contributed by atoms with E-state index in [4.69, 9.17) is 24.7 Å². The van der Waals surface area contributed by atoms with Crippen LogP contribution in [0.3, 0.4) is 0 Å². The van der Waals surface area contributed by atoms with Crippen molar-refractivity contribution >= 4 is 23.9 Å². The summed E-state index contributed by atoms with van der Waals surface area (Å²) >= 11 is 0. The zero-order valence-corrected chi connectivity index (χ0v) is 24.9. The molecule has 9 nitrogen and oxygen atoms in total. The van der Waals surface area contributed by atoms with E-state index in [-0.39, 0.29) is 60.6 Å². The van der Waals surface area contributed by atoms with Gasteiger partial charge in [-0.1, -0.05) is 67.4 Å². The smallest absolute Gasteiger partial charge is 0.326 e. The first-order valence-corrected chi connectivity index (χ1v) is 13.7. The van der Waals surface area contributed by atoms with Crippen molar-refractivity contribution in [2.24, 2.45) is 23.0 Å². The van der Waals surface area contributed by atoms with Crippen LogP contribution in [-0.4, -0.2) is 43.1 Å². The Balaban J connectivity index is 3.22. The molecule has 2 unspecified atom stereocenters. The number of benzene rings is 1. The van der Waals surface area contributed by atoms with Gasteiger partial charge < -0.3 is 24.7 Å². The number of hydrogen-bond acceptors (Lipinski definition) is 9. The molecular formula is C30H47NO8. The number of methoxy groups -OCH3 is 1. The van der Waals surface area contributed by atoms with Crippen LogP contribution in [0.25, 0.3) is 0 Å². The Hall–Kier alpha value is -2.94. The third-order valence-corrected chi connectivity index (χ3v) is 6.27. The van der Waals surface area contributed by atoms with E-state index in [9.17, 15) is 19.2 Å². The Kier molecular flexibility index (Phi) is 13.6. The lowest BCUT2D eigenvalue weighted by molar-refractivity contribution is -0.152. The van der Waals surface area contributed by atoms with E-state index < -0.39 is 23.4 Å². The first-order chi connectivity index (χ1) is 18.2. The van der Waals surface area contributed by atoms with Crippen LogP contribution in [0.2, 0.25) is 0 Å². The van der Waals surface area contributed by atoms with Crippen LogP contribution in [0.5, 0.6) is 11.5 Å². The number of nitrogens with two attached hydrogens (primary N) is 1. The van der Waals surface area contributed by atoms with Gasteiger partial charge in [0.2, 0.25) is 0 Å². The molecule has 9 heteroatoms. The minimum atomic E-state index is -1.51. The summed E-state index contributed by atoms with van der Waals surface area (Å²) in [5.41, 5.74) is 5.27. The van der Waals surface area contributed by atoms with Gasteiger partial charge in [0.25, 0.3) is 0 Å².